The van der Waals surface area contributed by atoms with Crippen molar-refractivity contribution in [2.75, 3.05) is 6.61 Å². The minimum absolute atomic E-state index is 0.0731. The van der Waals surface area contributed by atoms with Crippen LogP contribution in [0.2, 0.25) is 5.02 Å². The van der Waals surface area contributed by atoms with Crippen molar-refractivity contribution in [2.45, 2.75) is 26.8 Å². The number of hydrogen-bond donors (Lipinski definition) is 2. The van der Waals surface area contributed by atoms with E-state index in [1.54, 1.807) is 32.0 Å². The van der Waals surface area contributed by atoms with Gasteiger partial charge in [-0.2, -0.15) is 0 Å². The van der Waals surface area contributed by atoms with Crippen LogP contribution in [0.3, 0.4) is 0 Å². The SMILES string of the molecule is C[C@@H](N)c1cc(Cl)ccc1OCC(C)(C)C(=O)O. The molecular formula is C13H18ClNO3. The van der Waals surface area contributed by atoms with Crippen molar-refractivity contribution in [1.29, 1.82) is 0 Å². The molecule has 0 amide bonds. The normalized spacial score (nSPS) is 13.2. The van der Waals surface area contributed by atoms with Crippen molar-refractivity contribution in [3.63, 3.8) is 0 Å². The van der Waals surface area contributed by atoms with Crippen LogP contribution in [0.1, 0.15) is 32.4 Å². The summed E-state index contributed by atoms with van der Waals surface area (Å²) in [4.78, 5) is 11.0. The van der Waals surface area contributed by atoms with Crippen LogP contribution in [0, 0.1) is 5.41 Å². The Labute approximate surface area is 112 Å². The van der Waals surface area contributed by atoms with E-state index in [0.29, 0.717) is 10.8 Å². The molecule has 0 fully saturated rings. The highest BCUT2D eigenvalue weighted by molar-refractivity contribution is 6.30. The van der Waals surface area contributed by atoms with Gasteiger partial charge >= 0.3 is 5.97 Å². The monoisotopic (exact) mass is 271 g/mol. The molecule has 1 atom stereocenters. The summed E-state index contributed by atoms with van der Waals surface area (Å²) >= 11 is 5.90. The lowest BCUT2D eigenvalue weighted by atomic mass is 9.95. The molecular weight excluding hydrogens is 254 g/mol. The number of halogens is 1. The Morgan fingerprint density at radius 3 is 2.67 bits per heavy atom. The standard InChI is InChI=1S/C13H18ClNO3/c1-8(15)10-6-9(14)4-5-11(10)18-7-13(2,3)12(16)17/h4-6,8H,7,15H2,1-3H3,(H,16,17)/t8-/m1/s1. The van der Waals surface area contributed by atoms with Crippen molar-refractivity contribution in [2.24, 2.45) is 11.1 Å². The fraction of sp³-hybridized carbons (Fsp3) is 0.462. The lowest BCUT2D eigenvalue weighted by molar-refractivity contribution is -0.148. The molecule has 0 saturated heterocycles. The zero-order valence-corrected chi connectivity index (χ0v) is 11.5. The molecule has 1 rings (SSSR count). The van der Waals surface area contributed by atoms with E-state index in [9.17, 15) is 4.79 Å². The van der Waals surface area contributed by atoms with Gasteiger partial charge in [0.15, 0.2) is 0 Å². The van der Waals surface area contributed by atoms with Gasteiger partial charge in [-0.3, -0.25) is 4.79 Å². The van der Waals surface area contributed by atoms with Gasteiger partial charge in [-0.05, 0) is 39.0 Å². The summed E-state index contributed by atoms with van der Waals surface area (Å²) < 4.78 is 5.56. The number of benzene rings is 1. The van der Waals surface area contributed by atoms with Crippen molar-refractivity contribution in [1.82, 2.24) is 0 Å². The summed E-state index contributed by atoms with van der Waals surface area (Å²) in [6, 6.07) is 4.90. The molecule has 0 bridgehead atoms. The van der Waals surface area contributed by atoms with E-state index in [2.05, 4.69) is 0 Å². The molecule has 0 aliphatic heterocycles. The van der Waals surface area contributed by atoms with Crippen molar-refractivity contribution < 1.29 is 14.6 Å². The van der Waals surface area contributed by atoms with Gasteiger partial charge in [-0.15, -0.1) is 0 Å². The van der Waals surface area contributed by atoms with E-state index in [-0.39, 0.29) is 12.6 Å². The lowest BCUT2D eigenvalue weighted by Gasteiger charge is -2.21. The average molecular weight is 272 g/mol. The Morgan fingerprint density at radius 1 is 1.56 bits per heavy atom. The molecule has 3 N–H and O–H groups in total. The molecule has 0 unspecified atom stereocenters. The molecule has 18 heavy (non-hydrogen) atoms. The molecule has 0 aliphatic carbocycles. The number of carboxylic acids is 1. The molecule has 0 spiro atoms. The highest BCUT2D eigenvalue weighted by Gasteiger charge is 2.28. The molecule has 1 aromatic rings. The van der Waals surface area contributed by atoms with E-state index in [1.807, 2.05) is 6.92 Å². The number of rotatable bonds is 5. The first-order valence-electron chi connectivity index (χ1n) is 5.65. The lowest BCUT2D eigenvalue weighted by Crippen LogP contribution is -2.31. The molecule has 1 aromatic carbocycles. The Morgan fingerprint density at radius 2 is 2.17 bits per heavy atom. The molecule has 4 nitrogen and oxygen atoms in total. The van der Waals surface area contributed by atoms with E-state index in [0.717, 1.165) is 5.56 Å². The predicted molar refractivity (Wildman–Crippen MR) is 71.0 cm³/mol. The van der Waals surface area contributed by atoms with Crippen molar-refractivity contribution in [3.8, 4) is 5.75 Å². The van der Waals surface area contributed by atoms with Gasteiger partial charge in [-0.1, -0.05) is 11.6 Å². The molecule has 5 heteroatoms. The number of aliphatic carboxylic acids is 1. The highest BCUT2D eigenvalue weighted by atomic mass is 35.5. The van der Waals surface area contributed by atoms with Crippen LogP contribution in [0.4, 0.5) is 0 Å². The van der Waals surface area contributed by atoms with Crippen molar-refractivity contribution >= 4 is 17.6 Å². The van der Waals surface area contributed by atoms with Crippen LogP contribution in [-0.2, 0) is 4.79 Å². The van der Waals surface area contributed by atoms with Gasteiger partial charge in [-0.25, -0.2) is 0 Å². The number of nitrogens with two attached hydrogens (primary N) is 1. The fourth-order valence-electron chi connectivity index (χ4n) is 1.33. The van der Waals surface area contributed by atoms with Gasteiger partial charge in [0.25, 0.3) is 0 Å². The second-order valence-electron chi connectivity index (χ2n) is 4.95. The third-order valence-corrected chi connectivity index (χ3v) is 2.86. The summed E-state index contributed by atoms with van der Waals surface area (Å²) in [6.07, 6.45) is 0. The van der Waals surface area contributed by atoms with Crippen LogP contribution in [0.25, 0.3) is 0 Å². The van der Waals surface area contributed by atoms with E-state index >= 15 is 0 Å². The summed E-state index contributed by atoms with van der Waals surface area (Å²) in [6.45, 7) is 5.11. The van der Waals surface area contributed by atoms with Crippen LogP contribution < -0.4 is 10.5 Å². The largest absolute Gasteiger partial charge is 0.492 e. The number of carboxylic acid groups (broad SMARTS) is 1. The number of ether oxygens (including phenoxy) is 1. The first-order valence-corrected chi connectivity index (χ1v) is 6.03. The topological polar surface area (TPSA) is 72.5 Å². The zero-order chi connectivity index (χ0) is 13.9. The van der Waals surface area contributed by atoms with E-state index in [4.69, 9.17) is 27.2 Å². The zero-order valence-electron chi connectivity index (χ0n) is 10.7. The van der Waals surface area contributed by atoms with Gasteiger partial charge in [0, 0.05) is 16.6 Å². The van der Waals surface area contributed by atoms with Crippen molar-refractivity contribution in [3.05, 3.63) is 28.8 Å². The summed E-state index contributed by atoms with van der Waals surface area (Å²) in [5, 5.41) is 9.59. The first kappa shape index (κ1) is 14.8. The molecule has 100 valence electrons. The molecule has 0 heterocycles. The minimum atomic E-state index is -0.950. The fourth-order valence-corrected chi connectivity index (χ4v) is 1.51. The quantitative estimate of drug-likeness (QED) is 0.864. The predicted octanol–water partition coefficient (Wildman–Crippen LogP) is 2.85. The molecule has 0 aliphatic rings. The molecule has 0 saturated carbocycles. The maximum absolute atomic E-state index is 11.0. The number of carbonyl (C=O) groups is 1. The van der Waals surface area contributed by atoms with Gasteiger partial charge in [0.1, 0.15) is 12.4 Å². The Balaban J connectivity index is 2.88. The second-order valence-corrected chi connectivity index (χ2v) is 5.38. The maximum Gasteiger partial charge on any atom is 0.312 e. The van der Waals surface area contributed by atoms with Gasteiger partial charge in [0.05, 0.1) is 5.41 Å². The average Bonchev–Trinajstić information content (AvgIpc) is 2.27. The third-order valence-electron chi connectivity index (χ3n) is 2.63. The maximum atomic E-state index is 11.0. The van der Waals surface area contributed by atoms with E-state index < -0.39 is 11.4 Å². The summed E-state index contributed by atoms with van der Waals surface area (Å²) in [5.74, 6) is -0.331. The Bertz CT molecular complexity index is 444. The number of hydrogen-bond acceptors (Lipinski definition) is 3. The molecule has 0 aromatic heterocycles. The van der Waals surface area contributed by atoms with Gasteiger partial charge in [0.2, 0.25) is 0 Å². The minimum Gasteiger partial charge on any atom is -0.492 e. The Kier molecular flexibility index (Phi) is 4.59. The van der Waals surface area contributed by atoms with Crippen LogP contribution in [0.5, 0.6) is 5.75 Å². The summed E-state index contributed by atoms with van der Waals surface area (Å²) in [5.41, 5.74) is 5.65. The Hall–Kier alpha value is -1.26. The summed E-state index contributed by atoms with van der Waals surface area (Å²) in [7, 11) is 0. The smallest absolute Gasteiger partial charge is 0.312 e. The highest BCUT2D eigenvalue weighted by Crippen LogP contribution is 2.28. The van der Waals surface area contributed by atoms with E-state index in [1.165, 1.54) is 0 Å². The first-order chi connectivity index (χ1) is 8.24. The molecule has 0 radical (unpaired) electrons. The van der Waals surface area contributed by atoms with Crippen LogP contribution in [0.15, 0.2) is 18.2 Å². The van der Waals surface area contributed by atoms with Gasteiger partial charge < -0.3 is 15.6 Å². The van der Waals surface area contributed by atoms with Crippen LogP contribution >= 0.6 is 11.6 Å². The second kappa shape index (κ2) is 5.59. The van der Waals surface area contributed by atoms with Crippen LogP contribution in [-0.4, -0.2) is 17.7 Å². The third kappa shape index (κ3) is 3.62.